The summed E-state index contributed by atoms with van der Waals surface area (Å²) < 4.78 is 11.2. The lowest BCUT2D eigenvalue weighted by Crippen LogP contribution is -2.65. The number of rotatable bonds is 2. The van der Waals surface area contributed by atoms with Crippen LogP contribution in [0.5, 0.6) is 0 Å². The van der Waals surface area contributed by atoms with Gasteiger partial charge in [-0.1, -0.05) is 24.3 Å². The summed E-state index contributed by atoms with van der Waals surface area (Å²) >= 11 is 0. The number of nitrogens with two attached hydrogens (primary N) is 1. The average molecular weight is 374 g/mol. The van der Waals surface area contributed by atoms with Crippen molar-refractivity contribution in [2.24, 2.45) is 5.92 Å². The summed E-state index contributed by atoms with van der Waals surface area (Å²) in [7, 11) is 0. The van der Waals surface area contributed by atoms with Gasteiger partial charge in [-0.2, -0.15) is 0 Å². The Morgan fingerprint density at radius 3 is 2.67 bits per heavy atom. The molecule has 0 aromatic heterocycles. The highest BCUT2D eigenvalue weighted by Crippen LogP contribution is 2.57. The molecule has 7 nitrogen and oxygen atoms in total. The van der Waals surface area contributed by atoms with Crippen LogP contribution in [-0.4, -0.2) is 34.2 Å². The highest BCUT2D eigenvalue weighted by Gasteiger charge is 2.74. The fraction of sp³-hybridized carbons (Fsp3) is 0.500. The summed E-state index contributed by atoms with van der Waals surface area (Å²) in [6.07, 6.45) is 2.17. The molecule has 7 heteroatoms. The number of alkyl carbamates (subject to hydrolysis) is 1. The Kier molecular flexibility index (Phi) is 4.36. The largest absolute Gasteiger partial charge is 0.444 e. The van der Waals surface area contributed by atoms with E-state index in [9.17, 15) is 14.7 Å². The molecule has 1 heterocycles. The zero-order chi connectivity index (χ0) is 20.2. The van der Waals surface area contributed by atoms with Gasteiger partial charge in [0.1, 0.15) is 5.60 Å². The summed E-state index contributed by atoms with van der Waals surface area (Å²) in [5.74, 6) is -3.15. The van der Waals surface area contributed by atoms with E-state index >= 15 is 0 Å². The van der Waals surface area contributed by atoms with Gasteiger partial charge < -0.3 is 25.6 Å². The predicted octanol–water partition coefficient (Wildman–Crippen LogP) is 2.48. The summed E-state index contributed by atoms with van der Waals surface area (Å²) in [6, 6.07) is 4.81. The lowest BCUT2D eigenvalue weighted by atomic mass is 9.76. The number of hydrogen-bond donors (Lipinski definition) is 3. The van der Waals surface area contributed by atoms with Crippen LogP contribution in [0.25, 0.3) is 0 Å². The van der Waals surface area contributed by atoms with Crippen molar-refractivity contribution in [2.45, 2.75) is 57.6 Å². The van der Waals surface area contributed by atoms with E-state index in [1.54, 1.807) is 65.0 Å². The third kappa shape index (κ3) is 2.64. The van der Waals surface area contributed by atoms with Gasteiger partial charge in [0.15, 0.2) is 11.3 Å². The SMILES string of the molecule is C/C=C\C1C(C)O[C@]2(O)c3cccc(N)c3C(=O)[C@]12NC(=O)OC(C)(C)C. The number of anilines is 1. The lowest BCUT2D eigenvalue weighted by Gasteiger charge is -2.37. The molecule has 1 saturated heterocycles. The van der Waals surface area contributed by atoms with Crippen molar-refractivity contribution < 1.29 is 24.2 Å². The van der Waals surface area contributed by atoms with Gasteiger partial charge >= 0.3 is 6.09 Å². The minimum Gasteiger partial charge on any atom is -0.444 e. The van der Waals surface area contributed by atoms with Crippen LogP contribution in [0.1, 0.15) is 50.5 Å². The second-order valence-electron chi connectivity index (χ2n) is 8.05. The minimum atomic E-state index is -2.05. The average Bonchev–Trinajstić information content (AvgIpc) is 2.85. The second-order valence-corrected chi connectivity index (χ2v) is 8.05. The van der Waals surface area contributed by atoms with Crippen molar-refractivity contribution in [1.29, 1.82) is 0 Å². The van der Waals surface area contributed by atoms with Gasteiger partial charge in [0.25, 0.3) is 0 Å². The fourth-order valence-corrected chi connectivity index (χ4v) is 4.10. The van der Waals surface area contributed by atoms with Crippen LogP contribution in [0.4, 0.5) is 10.5 Å². The number of carbonyl (C=O) groups excluding carboxylic acids is 2. The number of fused-ring (bicyclic) bond motifs is 3. The molecule has 1 aromatic rings. The second kappa shape index (κ2) is 6.07. The summed E-state index contributed by atoms with van der Waals surface area (Å²) in [5.41, 5.74) is 4.13. The lowest BCUT2D eigenvalue weighted by molar-refractivity contribution is -0.216. The molecular formula is C20H26N2O5. The number of allylic oxidation sites excluding steroid dienone is 1. The van der Waals surface area contributed by atoms with Gasteiger partial charge in [-0.05, 0) is 40.7 Å². The Hall–Kier alpha value is -2.38. The number of carbonyl (C=O) groups is 2. The van der Waals surface area contributed by atoms with Gasteiger partial charge in [0, 0.05) is 17.2 Å². The Morgan fingerprint density at radius 1 is 1.41 bits per heavy atom. The first-order valence-corrected chi connectivity index (χ1v) is 8.96. The molecule has 4 atom stereocenters. The molecule has 3 rings (SSSR count). The molecule has 0 radical (unpaired) electrons. The molecule has 2 aliphatic rings. The molecule has 1 aromatic carbocycles. The third-order valence-electron chi connectivity index (χ3n) is 5.04. The van der Waals surface area contributed by atoms with E-state index in [-0.39, 0.29) is 16.8 Å². The molecule has 0 saturated carbocycles. The number of nitrogens with one attached hydrogen (secondary N) is 1. The zero-order valence-electron chi connectivity index (χ0n) is 16.2. The van der Waals surface area contributed by atoms with Gasteiger partial charge in [-0.3, -0.25) is 4.79 Å². The van der Waals surface area contributed by atoms with Crippen LogP contribution in [0, 0.1) is 5.92 Å². The summed E-state index contributed by atoms with van der Waals surface area (Å²) in [5, 5.41) is 14.2. The van der Waals surface area contributed by atoms with Crippen molar-refractivity contribution in [1.82, 2.24) is 5.32 Å². The molecule has 1 fully saturated rings. The molecule has 1 amide bonds. The van der Waals surface area contributed by atoms with Crippen molar-refractivity contribution in [2.75, 3.05) is 5.73 Å². The van der Waals surface area contributed by atoms with E-state index in [1.807, 2.05) is 0 Å². The summed E-state index contributed by atoms with van der Waals surface area (Å²) in [6.45, 7) is 8.70. The van der Waals surface area contributed by atoms with Gasteiger partial charge in [-0.25, -0.2) is 4.79 Å². The smallest absolute Gasteiger partial charge is 0.408 e. The standard InChI is InChI=1S/C20H26N2O5/c1-6-8-12-11(2)26-20(25)13-9-7-10-14(21)15(13)16(23)19(12,20)22-17(24)27-18(3,4)5/h6-12,25H,21H2,1-5H3,(H,22,24)/b8-6-/t11?,12?,19-,20-/m1/s1. The molecule has 1 aliphatic carbocycles. The van der Waals surface area contributed by atoms with E-state index < -0.39 is 40.8 Å². The number of nitrogen functional groups attached to an aromatic ring is 1. The van der Waals surface area contributed by atoms with E-state index in [0.717, 1.165) is 0 Å². The van der Waals surface area contributed by atoms with Crippen LogP contribution in [0.15, 0.2) is 30.4 Å². The number of Topliss-reactive ketones (excluding diaryl/α,β-unsaturated/α-hetero) is 1. The molecule has 0 bridgehead atoms. The first-order valence-electron chi connectivity index (χ1n) is 8.96. The summed E-state index contributed by atoms with van der Waals surface area (Å²) in [4.78, 5) is 26.2. The Labute approximate surface area is 158 Å². The first-order chi connectivity index (χ1) is 12.5. The number of amides is 1. The Morgan fingerprint density at radius 2 is 2.07 bits per heavy atom. The van der Waals surface area contributed by atoms with E-state index in [2.05, 4.69) is 5.32 Å². The van der Waals surface area contributed by atoms with E-state index in [0.29, 0.717) is 0 Å². The molecule has 2 unspecified atom stereocenters. The van der Waals surface area contributed by atoms with Crippen LogP contribution in [0.3, 0.4) is 0 Å². The van der Waals surface area contributed by atoms with Gasteiger partial charge in [0.2, 0.25) is 5.79 Å². The zero-order valence-corrected chi connectivity index (χ0v) is 16.2. The minimum absolute atomic E-state index is 0.164. The molecule has 4 N–H and O–H groups in total. The number of ketones is 1. The molecule has 0 spiro atoms. The van der Waals surface area contributed by atoms with E-state index in [1.165, 1.54) is 0 Å². The van der Waals surface area contributed by atoms with Crippen LogP contribution in [-0.2, 0) is 15.3 Å². The molecular weight excluding hydrogens is 348 g/mol. The molecule has 146 valence electrons. The Balaban J connectivity index is 2.19. The van der Waals surface area contributed by atoms with Crippen LogP contribution in [0.2, 0.25) is 0 Å². The van der Waals surface area contributed by atoms with Crippen molar-refractivity contribution in [3.8, 4) is 0 Å². The number of aliphatic hydroxyl groups is 1. The van der Waals surface area contributed by atoms with Crippen molar-refractivity contribution in [3.05, 3.63) is 41.5 Å². The van der Waals surface area contributed by atoms with Gasteiger partial charge in [-0.15, -0.1) is 0 Å². The third-order valence-corrected chi connectivity index (χ3v) is 5.04. The maximum absolute atomic E-state index is 13.5. The quantitative estimate of drug-likeness (QED) is 0.542. The number of benzene rings is 1. The van der Waals surface area contributed by atoms with Crippen LogP contribution >= 0.6 is 0 Å². The number of hydrogen-bond acceptors (Lipinski definition) is 6. The maximum atomic E-state index is 13.5. The predicted molar refractivity (Wildman–Crippen MR) is 100 cm³/mol. The topological polar surface area (TPSA) is 111 Å². The maximum Gasteiger partial charge on any atom is 0.408 e. The van der Waals surface area contributed by atoms with Crippen LogP contribution < -0.4 is 11.1 Å². The monoisotopic (exact) mass is 374 g/mol. The Bertz CT molecular complexity index is 828. The van der Waals surface area contributed by atoms with Crippen molar-refractivity contribution in [3.63, 3.8) is 0 Å². The first kappa shape index (κ1) is 19.4. The highest BCUT2D eigenvalue weighted by atomic mass is 16.6. The van der Waals surface area contributed by atoms with Gasteiger partial charge in [0.05, 0.1) is 11.7 Å². The number of ether oxygens (including phenoxy) is 2. The molecule has 27 heavy (non-hydrogen) atoms. The fourth-order valence-electron chi connectivity index (χ4n) is 4.10. The van der Waals surface area contributed by atoms with E-state index in [4.69, 9.17) is 15.2 Å². The van der Waals surface area contributed by atoms with Crippen molar-refractivity contribution >= 4 is 17.6 Å². The highest BCUT2D eigenvalue weighted by molar-refractivity contribution is 6.14. The molecule has 1 aliphatic heterocycles. The normalized spacial score (nSPS) is 32.4.